The highest BCUT2D eigenvalue weighted by atomic mass is 35.5. The Labute approximate surface area is 147 Å². The summed E-state index contributed by atoms with van der Waals surface area (Å²) < 4.78 is 0. The fourth-order valence-corrected chi connectivity index (χ4v) is 2.90. The summed E-state index contributed by atoms with van der Waals surface area (Å²) in [6.45, 7) is 3.40. The van der Waals surface area contributed by atoms with Crippen molar-refractivity contribution in [3.63, 3.8) is 0 Å². The molecule has 132 valence electrons. The lowest BCUT2D eigenvalue weighted by molar-refractivity contribution is -0.384. The Morgan fingerprint density at radius 3 is 1.88 bits per heavy atom. The molecule has 0 saturated carbocycles. The topological polar surface area (TPSA) is 140 Å². The third-order valence-electron chi connectivity index (χ3n) is 4.02. The molecule has 0 radical (unpaired) electrons. The van der Waals surface area contributed by atoms with Gasteiger partial charge in [0.1, 0.15) is 0 Å². The average molecular weight is 366 g/mol. The zero-order valence-corrected chi connectivity index (χ0v) is 14.2. The highest BCUT2D eigenvalue weighted by molar-refractivity contribution is 5.85. The van der Waals surface area contributed by atoms with E-state index in [2.05, 4.69) is 20.4 Å². The molecule has 0 atom stereocenters. The molecule has 10 heteroatoms. The van der Waals surface area contributed by atoms with Crippen LogP contribution in [0.1, 0.15) is 34.0 Å². The van der Waals surface area contributed by atoms with Crippen LogP contribution < -0.4 is 11.1 Å². The second-order valence-electron chi connectivity index (χ2n) is 5.52. The van der Waals surface area contributed by atoms with Crippen LogP contribution >= 0.6 is 12.4 Å². The van der Waals surface area contributed by atoms with Crippen LogP contribution in [-0.4, -0.2) is 25.3 Å². The number of halogens is 1. The first kappa shape index (κ1) is 18.3. The number of H-pyrrole nitrogens is 4. The molecule has 2 heterocycles. The molecule has 25 heavy (non-hydrogen) atoms. The SMILES string of the molecule is Cc1[nH][nH]c(=O)c1C(c1cccc([N+](=O)[O-])c1)c1c(C)[nH][nH]c1=O.Cl. The lowest BCUT2D eigenvalue weighted by Gasteiger charge is -2.15. The van der Waals surface area contributed by atoms with Gasteiger partial charge in [0, 0.05) is 29.4 Å². The lowest BCUT2D eigenvalue weighted by atomic mass is 9.85. The molecule has 0 bridgehead atoms. The number of aryl methyl sites for hydroxylation is 2. The second-order valence-corrected chi connectivity index (χ2v) is 5.52. The third kappa shape index (κ3) is 3.13. The van der Waals surface area contributed by atoms with Gasteiger partial charge in [0.05, 0.1) is 16.1 Å². The predicted molar refractivity (Wildman–Crippen MR) is 93.6 cm³/mol. The summed E-state index contributed by atoms with van der Waals surface area (Å²) in [6.07, 6.45) is 0. The molecule has 0 spiro atoms. The van der Waals surface area contributed by atoms with Crippen LogP contribution in [0.15, 0.2) is 33.9 Å². The van der Waals surface area contributed by atoms with Crippen LogP contribution in [0.5, 0.6) is 0 Å². The van der Waals surface area contributed by atoms with Crippen molar-refractivity contribution in [3.05, 3.63) is 83.2 Å². The van der Waals surface area contributed by atoms with Gasteiger partial charge in [-0.3, -0.25) is 29.9 Å². The molecule has 2 aromatic heterocycles. The number of nitro benzene ring substituents is 1. The van der Waals surface area contributed by atoms with Crippen LogP contribution in [0.3, 0.4) is 0 Å². The van der Waals surface area contributed by atoms with Gasteiger partial charge in [0.2, 0.25) is 0 Å². The highest BCUT2D eigenvalue weighted by Gasteiger charge is 2.28. The molecule has 0 fully saturated rings. The Kier molecular flexibility index (Phi) is 4.98. The van der Waals surface area contributed by atoms with Crippen molar-refractivity contribution >= 4 is 18.1 Å². The fourth-order valence-electron chi connectivity index (χ4n) is 2.90. The van der Waals surface area contributed by atoms with Gasteiger partial charge in [-0.1, -0.05) is 12.1 Å². The minimum absolute atomic E-state index is 0. The molecule has 9 nitrogen and oxygen atoms in total. The summed E-state index contributed by atoms with van der Waals surface area (Å²) in [5, 5.41) is 21.5. The van der Waals surface area contributed by atoms with Crippen molar-refractivity contribution in [1.82, 2.24) is 20.4 Å². The molecule has 0 aliphatic heterocycles. The lowest BCUT2D eigenvalue weighted by Crippen LogP contribution is -2.20. The molecule has 4 N–H and O–H groups in total. The van der Waals surface area contributed by atoms with Gasteiger partial charge in [0.15, 0.2) is 0 Å². The molecular weight excluding hydrogens is 350 g/mol. The van der Waals surface area contributed by atoms with E-state index in [1.165, 1.54) is 18.2 Å². The highest BCUT2D eigenvalue weighted by Crippen LogP contribution is 2.32. The number of nitrogens with zero attached hydrogens (tertiary/aromatic N) is 1. The quantitative estimate of drug-likeness (QED) is 0.413. The molecular formula is C15H16ClN5O4. The number of non-ortho nitro benzene ring substituents is 1. The van der Waals surface area contributed by atoms with Crippen LogP contribution in [0.2, 0.25) is 0 Å². The molecule has 0 saturated heterocycles. The van der Waals surface area contributed by atoms with Gasteiger partial charge in [-0.05, 0) is 19.4 Å². The Hall–Kier alpha value is -3.07. The van der Waals surface area contributed by atoms with Gasteiger partial charge < -0.3 is 10.2 Å². The van der Waals surface area contributed by atoms with Gasteiger partial charge in [-0.2, -0.15) is 0 Å². The summed E-state index contributed by atoms with van der Waals surface area (Å²) >= 11 is 0. The van der Waals surface area contributed by atoms with Gasteiger partial charge in [0.25, 0.3) is 16.8 Å². The first-order valence-corrected chi connectivity index (χ1v) is 7.18. The maximum atomic E-state index is 12.2. The van der Waals surface area contributed by atoms with E-state index in [9.17, 15) is 19.7 Å². The number of benzene rings is 1. The largest absolute Gasteiger partial charge is 0.302 e. The summed E-state index contributed by atoms with van der Waals surface area (Å²) in [5.74, 6) is -0.727. The molecule has 0 amide bonds. The standard InChI is InChI=1S/C15H15N5O4.ClH/c1-7-11(14(21)18-16-7)13(12-8(2)17-19-15(12)22)9-4-3-5-10(6-9)20(23)24;/h3-6,13H,1-2H3,(H2,16,18,21)(H2,17,19,22);1H. The smallest absolute Gasteiger partial charge is 0.269 e. The molecule has 0 unspecified atom stereocenters. The van der Waals surface area contributed by atoms with E-state index in [0.717, 1.165) is 0 Å². The molecule has 1 aromatic carbocycles. The van der Waals surface area contributed by atoms with Crippen molar-refractivity contribution < 1.29 is 4.92 Å². The predicted octanol–water partition coefficient (Wildman–Crippen LogP) is 1.85. The third-order valence-corrected chi connectivity index (χ3v) is 4.02. The Balaban J connectivity index is 0.00000225. The normalized spacial score (nSPS) is 10.7. The van der Waals surface area contributed by atoms with E-state index in [4.69, 9.17) is 0 Å². The monoisotopic (exact) mass is 365 g/mol. The Morgan fingerprint density at radius 1 is 0.960 bits per heavy atom. The number of hydrogen-bond donors (Lipinski definition) is 4. The summed E-state index contributed by atoms with van der Waals surface area (Å²) in [5.41, 5.74) is 1.48. The molecule has 3 rings (SSSR count). The first-order chi connectivity index (χ1) is 11.4. The van der Waals surface area contributed by atoms with Gasteiger partial charge >= 0.3 is 0 Å². The van der Waals surface area contributed by atoms with E-state index in [-0.39, 0.29) is 29.2 Å². The van der Waals surface area contributed by atoms with Crippen molar-refractivity contribution in [2.24, 2.45) is 0 Å². The fraction of sp³-hybridized carbons (Fsp3) is 0.200. The van der Waals surface area contributed by atoms with Crippen LogP contribution in [-0.2, 0) is 0 Å². The molecule has 3 aromatic rings. The van der Waals surface area contributed by atoms with E-state index in [1.807, 2.05) is 0 Å². The number of hydrogen-bond acceptors (Lipinski definition) is 4. The van der Waals surface area contributed by atoms with E-state index < -0.39 is 10.8 Å². The number of nitrogens with one attached hydrogen (secondary N) is 4. The summed E-state index contributed by atoms with van der Waals surface area (Å²) in [7, 11) is 0. The zero-order chi connectivity index (χ0) is 17.4. The van der Waals surface area contributed by atoms with E-state index in [1.54, 1.807) is 19.9 Å². The number of aromatic nitrogens is 4. The zero-order valence-electron chi connectivity index (χ0n) is 13.4. The average Bonchev–Trinajstić information content (AvgIpc) is 3.05. The number of nitro groups is 1. The van der Waals surface area contributed by atoms with Crippen LogP contribution in [0.4, 0.5) is 5.69 Å². The minimum atomic E-state index is -0.727. The Bertz CT molecular complexity index is 975. The number of rotatable bonds is 4. The second kappa shape index (κ2) is 6.81. The van der Waals surface area contributed by atoms with Crippen LogP contribution in [0, 0.1) is 24.0 Å². The summed E-state index contributed by atoms with van der Waals surface area (Å²) in [4.78, 5) is 35.1. The number of aromatic amines is 4. The van der Waals surface area contributed by atoms with Gasteiger partial charge in [-0.25, -0.2) is 0 Å². The van der Waals surface area contributed by atoms with E-state index in [0.29, 0.717) is 28.1 Å². The molecule has 0 aliphatic rings. The minimum Gasteiger partial charge on any atom is -0.302 e. The van der Waals surface area contributed by atoms with Crippen LogP contribution in [0.25, 0.3) is 0 Å². The molecule has 0 aliphatic carbocycles. The first-order valence-electron chi connectivity index (χ1n) is 7.18. The van der Waals surface area contributed by atoms with Crippen molar-refractivity contribution in [1.29, 1.82) is 0 Å². The summed E-state index contributed by atoms with van der Waals surface area (Å²) in [6, 6.07) is 5.94. The van der Waals surface area contributed by atoms with Gasteiger partial charge in [-0.15, -0.1) is 12.4 Å². The Morgan fingerprint density at radius 2 is 1.48 bits per heavy atom. The maximum absolute atomic E-state index is 12.2. The maximum Gasteiger partial charge on any atom is 0.269 e. The van der Waals surface area contributed by atoms with Crippen molar-refractivity contribution in [2.75, 3.05) is 0 Å². The van der Waals surface area contributed by atoms with Crippen molar-refractivity contribution in [2.45, 2.75) is 19.8 Å². The van der Waals surface area contributed by atoms with E-state index >= 15 is 0 Å². The van der Waals surface area contributed by atoms with Crippen molar-refractivity contribution in [3.8, 4) is 0 Å².